The van der Waals surface area contributed by atoms with Gasteiger partial charge in [0.2, 0.25) is 5.91 Å². The molecule has 0 bridgehead atoms. The maximum Gasteiger partial charge on any atom is 0.222 e. The molecule has 4 nitrogen and oxygen atoms in total. The van der Waals surface area contributed by atoms with Gasteiger partial charge in [0.15, 0.2) is 0 Å². The maximum absolute atomic E-state index is 12.2. The van der Waals surface area contributed by atoms with Crippen LogP contribution >= 0.6 is 0 Å². The second kappa shape index (κ2) is 7.82. The number of unbranched alkanes of at least 4 members (excludes halogenated alkanes) is 1. The van der Waals surface area contributed by atoms with Crippen LogP contribution in [0.5, 0.6) is 0 Å². The van der Waals surface area contributed by atoms with Crippen molar-refractivity contribution in [2.45, 2.75) is 45.1 Å². The van der Waals surface area contributed by atoms with E-state index in [4.69, 9.17) is 4.42 Å². The number of carbonyl (C=O) groups is 1. The van der Waals surface area contributed by atoms with Crippen LogP contribution in [-0.4, -0.2) is 47.9 Å². The summed E-state index contributed by atoms with van der Waals surface area (Å²) in [6.45, 7) is 6.31. The minimum absolute atomic E-state index is 0.380. The Morgan fingerprint density at radius 3 is 3.09 bits per heavy atom. The van der Waals surface area contributed by atoms with Crippen LogP contribution in [0.1, 0.15) is 44.8 Å². The van der Waals surface area contributed by atoms with Gasteiger partial charge in [-0.3, -0.25) is 9.69 Å². The van der Waals surface area contributed by atoms with Gasteiger partial charge in [-0.25, -0.2) is 0 Å². The summed E-state index contributed by atoms with van der Waals surface area (Å²) >= 11 is 0. The highest BCUT2D eigenvalue weighted by atomic mass is 16.3. The second-order valence-electron chi connectivity index (χ2n) is 6.77. The van der Waals surface area contributed by atoms with E-state index in [0.717, 1.165) is 64.0 Å². The first-order valence-electron chi connectivity index (χ1n) is 9.00. The zero-order valence-corrected chi connectivity index (χ0v) is 14.1. The van der Waals surface area contributed by atoms with Crippen LogP contribution in [0.15, 0.2) is 28.9 Å². The van der Waals surface area contributed by atoms with E-state index in [1.807, 2.05) is 18.2 Å². The van der Waals surface area contributed by atoms with Gasteiger partial charge >= 0.3 is 0 Å². The van der Waals surface area contributed by atoms with Crippen molar-refractivity contribution < 1.29 is 9.21 Å². The summed E-state index contributed by atoms with van der Waals surface area (Å²) < 4.78 is 5.32. The summed E-state index contributed by atoms with van der Waals surface area (Å²) in [5.41, 5.74) is 0. The highest BCUT2D eigenvalue weighted by Gasteiger charge is 2.38. The number of likely N-dealkylation sites (tertiary alicyclic amines) is 2. The van der Waals surface area contributed by atoms with Crippen LogP contribution in [-0.2, 0) is 4.79 Å². The van der Waals surface area contributed by atoms with Crippen LogP contribution < -0.4 is 0 Å². The van der Waals surface area contributed by atoms with Gasteiger partial charge in [0.25, 0.3) is 0 Å². The van der Waals surface area contributed by atoms with E-state index in [-0.39, 0.29) is 0 Å². The van der Waals surface area contributed by atoms with Gasteiger partial charge in [-0.15, -0.1) is 0 Å². The normalized spacial score (nSPS) is 26.0. The molecule has 2 fully saturated rings. The van der Waals surface area contributed by atoms with Gasteiger partial charge in [-0.2, -0.15) is 0 Å². The fourth-order valence-corrected chi connectivity index (χ4v) is 3.92. The molecule has 23 heavy (non-hydrogen) atoms. The Hall–Kier alpha value is -1.55. The lowest BCUT2D eigenvalue weighted by Gasteiger charge is -2.47. The highest BCUT2D eigenvalue weighted by Crippen LogP contribution is 2.31. The number of rotatable bonds is 6. The van der Waals surface area contributed by atoms with Gasteiger partial charge in [0.05, 0.1) is 6.26 Å². The van der Waals surface area contributed by atoms with Crippen molar-refractivity contribution in [3.63, 3.8) is 0 Å². The van der Waals surface area contributed by atoms with Crippen LogP contribution in [0.25, 0.3) is 6.08 Å². The third-order valence-corrected chi connectivity index (χ3v) is 5.17. The largest absolute Gasteiger partial charge is 0.465 e. The smallest absolute Gasteiger partial charge is 0.222 e. The molecule has 4 heteroatoms. The summed E-state index contributed by atoms with van der Waals surface area (Å²) in [5.74, 6) is 1.94. The Bertz CT molecular complexity index is 523. The first-order chi connectivity index (χ1) is 11.3. The van der Waals surface area contributed by atoms with Crippen molar-refractivity contribution >= 4 is 12.0 Å². The Kier molecular flexibility index (Phi) is 5.55. The van der Waals surface area contributed by atoms with E-state index < -0.39 is 0 Å². The van der Waals surface area contributed by atoms with Crippen LogP contribution in [0.2, 0.25) is 0 Å². The Balaban J connectivity index is 1.53. The first-order valence-corrected chi connectivity index (χ1v) is 9.00. The molecule has 2 aliphatic rings. The number of fused-ring (bicyclic) bond motifs is 1. The molecule has 1 aromatic rings. The van der Waals surface area contributed by atoms with Crippen LogP contribution in [0.3, 0.4) is 0 Å². The van der Waals surface area contributed by atoms with Crippen molar-refractivity contribution in [3.8, 4) is 0 Å². The molecule has 0 aromatic carbocycles. The predicted octanol–water partition coefficient (Wildman–Crippen LogP) is 3.41. The number of furan rings is 1. The summed E-state index contributed by atoms with van der Waals surface area (Å²) in [6.07, 6.45) is 11.1. The number of carbonyl (C=O) groups excluding carboxylic acids is 1. The molecule has 126 valence electrons. The molecule has 0 spiro atoms. The molecule has 2 saturated heterocycles. The lowest BCUT2D eigenvalue weighted by Crippen LogP contribution is -2.56. The summed E-state index contributed by atoms with van der Waals surface area (Å²) in [5, 5.41) is 0. The molecule has 1 amide bonds. The topological polar surface area (TPSA) is 36.7 Å². The summed E-state index contributed by atoms with van der Waals surface area (Å²) in [7, 11) is 0. The average Bonchev–Trinajstić information content (AvgIpc) is 3.07. The fourth-order valence-electron chi connectivity index (χ4n) is 3.92. The van der Waals surface area contributed by atoms with Crippen molar-refractivity contribution in [3.05, 3.63) is 30.2 Å². The van der Waals surface area contributed by atoms with E-state index >= 15 is 0 Å². The summed E-state index contributed by atoms with van der Waals surface area (Å²) in [6, 6.07) is 4.36. The third-order valence-electron chi connectivity index (χ3n) is 5.17. The second-order valence-corrected chi connectivity index (χ2v) is 6.77. The van der Waals surface area contributed by atoms with E-state index in [1.165, 1.54) is 0 Å². The standard InChI is InChI=1S/C19H28N2O2/c1-2-3-12-21-18-10-13-20(15-16(18)8-9-19(21)22)11-4-6-17-7-5-14-23-17/h4-7,14,16,18H,2-3,8-13,15H2,1H3/b6-4+/t16-,18+/m1/s1. The third kappa shape index (κ3) is 4.05. The molecule has 0 radical (unpaired) electrons. The molecular weight excluding hydrogens is 288 g/mol. The van der Waals surface area contributed by atoms with E-state index in [2.05, 4.69) is 22.8 Å². The minimum Gasteiger partial charge on any atom is -0.465 e. The zero-order chi connectivity index (χ0) is 16.1. The Morgan fingerprint density at radius 1 is 1.39 bits per heavy atom. The Labute approximate surface area is 139 Å². The molecule has 0 saturated carbocycles. The number of hydrogen-bond acceptors (Lipinski definition) is 3. The van der Waals surface area contributed by atoms with Gasteiger partial charge in [0.1, 0.15) is 5.76 Å². The molecule has 3 rings (SSSR count). The van der Waals surface area contributed by atoms with Gasteiger partial charge < -0.3 is 9.32 Å². The van der Waals surface area contributed by atoms with Crippen LogP contribution in [0, 0.1) is 5.92 Å². The molecule has 2 aliphatic heterocycles. The highest BCUT2D eigenvalue weighted by molar-refractivity contribution is 5.77. The zero-order valence-electron chi connectivity index (χ0n) is 14.1. The predicted molar refractivity (Wildman–Crippen MR) is 91.9 cm³/mol. The minimum atomic E-state index is 0.380. The summed E-state index contributed by atoms with van der Waals surface area (Å²) in [4.78, 5) is 16.9. The number of amides is 1. The van der Waals surface area contributed by atoms with Crippen LogP contribution in [0.4, 0.5) is 0 Å². The SMILES string of the molecule is CCCCN1C(=O)CC[C@@H]2CN(C/C=C/c3ccco3)CC[C@@H]21. The number of hydrogen-bond donors (Lipinski definition) is 0. The van der Waals surface area contributed by atoms with Crippen molar-refractivity contribution in [2.24, 2.45) is 5.92 Å². The van der Waals surface area contributed by atoms with E-state index in [0.29, 0.717) is 17.9 Å². The monoisotopic (exact) mass is 316 g/mol. The molecule has 0 aliphatic carbocycles. The average molecular weight is 316 g/mol. The number of piperidine rings is 2. The van der Waals surface area contributed by atoms with Crippen molar-refractivity contribution in [2.75, 3.05) is 26.2 Å². The van der Waals surface area contributed by atoms with Crippen molar-refractivity contribution in [1.82, 2.24) is 9.80 Å². The molecule has 1 aromatic heterocycles. The van der Waals surface area contributed by atoms with Gasteiger partial charge in [-0.05, 0) is 43.4 Å². The van der Waals surface area contributed by atoms with Gasteiger partial charge in [0, 0.05) is 38.6 Å². The molecule has 3 heterocycles. The van der Waals surface area contributed by atoms with E-state index in [9.17, 15) is 4.79 Å². The molecular formula is C19H28N2O2. The van der Waals surface area contributed by atoms with Crippen molar-refractivity contribution in [1.29, 1.82) is 0 Å². The quantitative estimate of drug-likeness (QED) is 0.807. The lowest BCUT2D eigenvalue weighted by molar-refractivity contribution is -0.141. The molecule has 0 unspecified atom stereocenters. The molecule has 2 atom stereocenters. The Morgan fingerprint density at radius 2 is 2.30 bits per heavy atom. The molecule has 0 N–H and O–H groups in total. The van der Waals surface area contributed by atoms with Gasteiger partial charge in [-0.1, -0.05) is 19.4 Å². The number of nitrogens with zero attached hydrogens (tertiary/aromatic N) is 2. The lowest BCUT2D eigenvalue weighted by atomic mass is 9.83. The van der Waals surface area contributed by atoms with E-state index in [1.54, 1.807) is 6.26 Å². The fraction of sp³-hybridized carbons (Fsp3) is 0.632. The maximum atomic E-state index is 12.2. The first kappa shape index (κ1) is 16.3.